The van der Waals surface area contributed by atoms with Crippen molar-refractivity contribution in [2.45, 2.75) is 6.10 Å². The van der Waals surface area contributed by atoms with Gasteiger partial charge in [-0.3, -0.25) is 9.78 Å². The van der Waals surface area contributed by atoms with E-state index in [0.717, 1.165) is 0 Å². The summed E-state index contributed by atoms with van der Waals surface area (Å²) < 4.78 is 0. The molecule has 2 N–H and O–H groups in total. The first-order valence-electron chi connectivity index (χ1n) is 5.30. The van der Waals surface area contributed by atoms with Gasteiger partial charge in [-0.2, -0.15) is 0 Å². The third kappa shape index (κ3) is 2.67. The molecular formula is C13H11ClN2O2. The number of benzene rings is 1. The second-order valence-corrected chi connectivity index (χ2v) is 4.11. The Hall–Kier alpha value is -1.91. The summed E-state index contributed by atoms with van der Waals surface area (Å²) in [5.74, 6) is 0. The lowest BCUT2D eigenvalue weighted by Gasteiger charge is -2.15. The molecule has 0 saturated carbocycles. The maximum atomic E-state index is 10.5. The molecule has 18 heavy (non-hydrogen) atoms. The van der Waals surface area contributed by atoms with Crippen molar-refractivity contribution >= 4 is 23.7 Å². The molecule has 1 amide bonds. The topological polar surface area (TPSA) is 62.2 Å². The number of aliphatic hydroxyl groups is 1. The lowest BCUT2D eigenvalue weighted by Crippen LogP contribution is -2.05. The lowest BCUT2D eigenvalue weighted by molar-refractivity contribution is -0.105. The second-order valence-electron chi connectivity index (χ2n) is 3.68. The third-order valence-electron chi connectivity index (χ3n) is 2.54. The number of aliphatic hydroxyl groups excluding tert-OH is 1. The van der Waals surface area contributed by atoms with E-state index < -0.39 is 6.10 Å². The van der Waals surface area contributed by atoms with Crippen LogP contribution in [0.25, 0.3) is 0 Å². The van der Waals surface area contributed by atoms with Crippen molar-refractivity contribution in [2.24, 2.45) is 0 Å². The summed E-state index contributed by atoms with van der Waals surface area (Å²) in [5.41, 5.74) is 1.75. The van der Waals surface area contributed by atoms with Gasteiger partial charge in [-0.05, 0) is 35.9 Å². The summed E-state index contributed by atoms with van der Waals surface area (Å²) in [6, 6.07) is 8.33. The fourth-order valence-electron chi connectivity index (χ4n) is 1.68. The first kappa shape index (κ1) is 12.5. The van der Waals surface area contributed by atoms with Gasteiger partial charge in [0.25, 0.3) is 0 Å². The largest absolute Gasteiger partial charge is 0.384 e. The molecule has 2 aromatic rings. The molecule has 0 radical (unpaired) electrons. The molecule has 1 heterocycles. The van der Waals surface area contributed by atoms with Crippen molar-refractivity contribution in [1.29, 1.82) is 0 Å². The number of nitrogens with zero attached hydrogens (tertiary/aromatic N) is 1. The van der Waals surface area contributed by atoms with Gasteiger partial charge < -0.3 is 10.4 Å². The van der Waals surface area contributed by atoms with E-state index in [2.05, 4.69) is 10.3 Å². The fourth-order valence-corrected chi connectivity index (χ4v) is 1.86. The molecule has 1 aromatic heterocycles. The van der Waals surface area contributed by atoms with E-state index in [1.807, 2.05) is 0 Å². The van der Waals surface area contributed by atoms with Crippen molar-refractivity contribution in [3.63, 3.8) is 0 Å². The van der Waals surface area contributed by atoms with Crippen LogP contribution in [0.5, 0.6) is 0 Å². The highest BCUT2D eigenvalue weighted by atomic mass is 35.5. The van der Waals surface area contributed by atoms with E-state index >= 15 is 0 Å². The number of pyridine rings is 1. The Kier molecular flexibility index (Phi) is 3.92. The zero-order valence-corrected chi connectivity index (χ0v) is 10.1. The molecule has 1 atom stereocenters. The van der Waals surface area contributed by atoms with Crippen LogP contribution in [0.4, 0.5) is 5.69 Å². The van der Waals surface area contributed by atoms with Crippen LogP contribution in [-0.4, -0.2) is 16.5 Å². The number of hydrogen-bond donors (Lipinski definition) is 2. The summed E-state index contributed by atoms with van der Waals surface area (Å²) in [5, 5.41) is 13.3. The summed E-state index contributed by atoms with van der Waals surface area (Å²) in [6.45, 7) is 0. The van der Waals surface area contributed by atoms with Crippen molar-refractivity contribution in [3.05, 3.63) is 58.9 Å². The van der Waals surface area contributed by atoms with Crippen LogP contribution in [0.3, 0.4) is 0 Å². The number of carbonyl (C=O) groups excluding carboxylic acids is 1. The van der Waals surface area contributed by atoms with Crippen LogP contribution in [0.15, 0.2) is 42.7 Å². The van der Waals surface area contributed by atoms with Crippen molar-refractivity contribution in [2.75, 3.05) is 5.32 Å². The minimum absolute atomic E-state index is 0.495. The van der Waals surface area contributed by atoms with Crippen LogP contribution < -0.4 is 5.32 Å². The van der Waals surface area contributed by atoms with Crippen molar-refractivity contribution in [3.8, 4) is 0 Å². The molecule has 92 valence electrons. The molecule has 4 nitrogen and oxygen atoms in total. The SMILES string of the molecule is O=CNc1ccc(Cl)cc1C(O)c1ccncc1. The maximum Gasteiger partial charge on any atom is 0.211 e. The van der Waals surface area contributed by atoms with Gasteiger partial charge >= 0.3 is 0 Å². The summed E-state index contributed by atoms with van der Waals surface area (Å²) >= 11 is 5.91. The first-order chi connectivity index (χ1) is 8.72. The van der Waals surface area contributed by atoms with Gasteiger partial charge in [0.2, 0.25) is 6.41 Å². The second kappa shape index (κ2) is 5.62. The van der Waals surface area contributed by atoms with Gasteiger partial charge in [0.05, 0.1) is 0 Å². The van der Waals surface area contributed by atoms with E-state index in [1.165, 1.54) is 0 Å². The van der Waals surface area contributed by atoms with Crippen LogP contribution in [0.2, 0.25) is 5.02 Å². The van der Waals surface area contributed by atoms with Gasteiger partial charge in [-0.15, -0.1) is 0 Å². The molecule has 5 heteroatoms. The quantitative estimate of drug-likeness (QED) is 0.832. The zero-order chi connectivity index (χ0) is 13.0. The number of halogens is 1. The van der Waals surface area contributed by atoms with Crippen molar-refractivity contribution in [1.82, 2.24) is 4.98 Å². The number of rotatable bonds is 4. The highest BCUT2D eigenvalue weighted by molar-refractivity contribution is 6.30. The molecule has 0 fully saturated rings. The normalized spacial score (nSPS) is 11.9. The first-order valence-corrected chi connectivity index (χ1v) is 5.68. The highest BCUT2D eigenvalue weighted by Crippen LogP contribution is 2.30. The number of anilines is 1. The standard InChI is InChI=1S/C13H11ClN2O2/c14-10-1-2-12(16-8-17)11(7-10)13(18)9-3-5-15-6-4-9/h1-8,13,18H,(H,16,17). The minimum Gasteiger partial charge on any atom is -0.384 e. The molecule has 0 saturated heterocycles. The summed E-state index contributed by atoms with van der Waals surface area (Å²) in [6.07, 6.45) is 2.88. The van der Waals surface area contributed by atoms with Gasteiger partial charge in [-0.1, -0.05) is 11.6 Å². The minimum atomic E-state index is -0.867. The third-order valence-corrected chi connectivity index (χ3v) is 2.78. The molecule has 0 spiro atoms. The van der Waals surface area contributed by atoms with Gasteiger partial charge in [0, 0.05) is 28.7 Å². The number of hydrogen-bond acceptors (Lipinski definition) is 3. The maximum absolute atomic E-state index is 10.5. The van der Waals surface area contributed by atoms with E-state index in [0.29, 0.717) is 28.2 Å². The number of nitrogens with one attached hydrogen (secondary N) is 1. The average Bonchev–Trinajstić information content (AvgIpc) is 2.41. The number of carbonyl (C=O) groups is 1. The molecule has 2 rings (SSSR count). The molecule has 1 aromatic carbocycles. The van der Waals surface area contributed by atoms with E-state index in [4.69, 9.17) is 11.6 Å². The van der Waals surface area contributed by atoms with E-state index in [1.54, 1.807) is 42.7 Å². The van der Waals surface area contributed by atoms with Gasteiger partial charge in [0.1, 0.15) is 6.10 Å². The Balaban J connectivity index is 2.43. The fraction of sp³-hybridized carbons (Fsp3) is 0.0769. The Morgan fingerprint density at radius 2 is 2.00 bits per heavy atom. The van der Waals surface area contributed by atoms with Crippen LogP contribution >= 0.6 is 11.6 Å². The molecule has 1 unspecified atom stereocenters. The summed E-state index contributed by atoms with van der Waals surface area (Å²) in [7, 11) is 0. The Bertz CT molecular complexity index is 546. The highest BCUT2D eigenvalue weighted by Gasteiger charge is 2.15. The summed E-state index contributed by atoms with van der Waals surface area (Å²) in [4.78, 5) is 14.4. The predicted molar refractivity (Wildman–Crippen MR) is 69.4 cm³/mol. The molecule has 0 aliphatic heterocycles. The Morgan fingerprint density at radius 3 is 2.67 bits per heavy atom. The average molecular weight is 263 g/mol. The van der Waals surface area contributed by atoms with Crippen LogP contribution in [0, 0.1) is 0 Å². The Morgan fingerprint density at radius 1 is 1.28 bits per heavy atom. The molecule has 0 bridgehead atoms. The van der Waals surface area contributed by atoms with Gasteiger partial charge in [-0.25, -0.2) is 0 Å². The van der Waals surface area contributed by atoms with Crippen molar-refractivity contribution < 1.29 is 9.90 Å². The lowest BCUT2D eigenvalue weighted by atomic mass is 10.0. The molecule has 0 aliphatic rings. The molecule has 0 aliphatic carbocycles. The Labute approximate surface area is 109 Å². The van der Waals surface area contributed by atoms with Gasteiger partial charge in [0.15, 0.2) is 0 Å². The van der Waals surface area contributed by atoms with E-state index in [-0.39, 0.29) is 0 Å². The molecular weight excluding hydrogens is 252 g/mol. The number of aromatic nitrogens is 1. The monoisotopic (exact) mass is 262 g/mol. The van der Waals surface area contributed by atoms with Crippen LogP contribution in [-0.2, 0) is 4.79 Å². The number of amides is 1. The van der Waals surface area contributed by atoms with Crippen LogP contribution in [0.1, 0.15) is 17.2 Å². The van der Waals surface area contributed by atoms with E-state index in [9.17, 15) is 9.90 Å². The predicted octanol–water partition coefficient (Wildman–Crippen LogP) is 2.38. The zero-order valence-electron chi connectivity index (χ0n) is 9.38. The smallest absolute Gasteiger partial charge is 0.211 e.